The number of halogens is 1. The van der Waals surface area contributed by atoms with Crippen LogP contribution in [0, 0.1) is 3.57 Å². The van der Waals surface area contributed by atoms with E-state index in [1.165, 1.54) is 29.7 Å². The van der Waals surface area contributed by atoms with Gasteiger partial charge >= 0.3 is 0 Å². The van der Waals surface area contributed by atoms with Crippen LogP contribution >= 0.6 is 22.6 Å². The van der Waals surface area contributed by atoms with Gasteiger partial charge in [0.25, 0.3) is 0 Å². The summed E-state index contributed by atoms with van der Waals surface area (Å²) in [7, 11) is 2.19. The summed E-state index contributed by atoms with van der Waals surface area (Å²) in [5, 5.41) is 0. The molecule has 18 heavy (non-hydrogen) atoms. The monoisotopic (exact) mass is 360 g/mol. The Bertz CT molecular complexity index is 365. The van der Waals surface area contributed by atoms with Gasteiger partial charge in [-0.25, -0.2) is 0 Å². The molecule has 100 valence electrons. The van der Waals surface area contributed by atoms with Crippen LogP contribution in [-0.4, -0.2) is 56.2 Å². The Hall–Kier alpha value is -0.330. The van der Waals surface area contributed by atoms with Gasteiger partial charge in [-0.2, -0.15) is 0 Å². The summed E-state index contributed by atoms with van der Waals surface area (Å²) in [6.45, 7) is 6.74. The zero-order valence-electron chi connectivity index (χ0n) is 10.9. The Kier molecular flexibility index (Phi) is 5.72. The third-order valence-electron chi connectivity index (χ3n) is 3.28. The summed E-state index contributed by atoms with van der Waals surface area (Å²) >= 11 is 2.31. The molecule has 0 N–H and O–H groups in total. The highest BCUT2D eigenvalue weighted by Crippen LogP contribution is 2.14. The van der Waals surface area contributed by atoms with E-state index >= 15 is 0 Å². The van der Waals surface area contributed by atoms with Crippen molar-refractivity contribution in [1.82, 2.24) is 9.80 Å². The van der Waals surface area contributed by atoms with Crippen LogP contribution in [0.25, 0.3) is 0 Å². The first kappa shape index (κ1) is 14.1. The van der Waals surface area contributed by atoms with Gasteiger partial charge in [-0.3, -0.25) is 0 Å². The minimum atomic E-state index is 0.812. The zero-order valence-corrected chi connectivity index (χ0v) is 13.1. The van der Waals surface area contributed by atoms with Crippen LogP contribution in [0.2, 0.25) is 0 Å². The molecular weight excluding hydrogens is 339 g/mol. The van der Waals surface area contributed by atoms with Crippen LogP contribution in [0.5, 0.6) is 5.75 Å². The molecule has 1 aliphatic rings. The first-order valence-corrected chi connectivity index (χ1v) is 7.61. The second-order valence-electron chi connectivity index (χ2n) is 4.80. The molecule has 0 amide bonds. The van der Waals surface area contributed by atoms with E-state index in [9.17, 15) is 0 Å². The number of piperazine rings is 1. The lowest BCUT2D eigenvalue weighted by molar-refractivity contribution is 0.145. The van der Waals surface area contributed by atoms with Crippen molar-refractivity contribution in [3.8, 4) is 5.75 Å². The van der Waals surface area contributed by atoms with Crippen LogP contribution in [0.1, 0.15) is 6.42 Å². The quantitative estimate of drug-likeness (QED) is 0.592. The van der Waals surface area contributed by atoms with E-state index in [1.807, 2.05) is 12.1 Å². The van der Waals surface area contributed by atoms with E-state index in [2.05, 4.69) is 51.6 Å². The SMILES string of the molecule is CN1CCN(CCCOc2cccc(I)c2)CC1. The van der Waals surface area contributed by atoms with E-state index in [1.54, 1.807) is 0 Å². The average Bonchev–Trinajstić information content (AvgIpc) is 2.37. The maximum atomic E-state index is 5.76. The minimum absolute atomic E-state index is 0.812. The molecule has 0 aliphatic carbocycles. The number of nitrogens with zero attached hydrogens (tertiary/aromatic N) is 2. The van der Waals surface area contributed by atoms with Gasteiger partial charge in [-0.05, 0) is 54.3 Å². The largest absolute Gasteiger partial charge is 0.494 e. The minimum Gasteiger partial charge on any atom is -0.494 e. The Morgan fingerprint density at radius 1 is 1.22 bits per heavy atom. The van der Waals surface area contributed by atoms with Crippen molar-refractivity contribution in [2.24, 2.45) is 0 Å². The van der Waals surface area contributed by atoms with Crippen LogP contribution in [0.15, 0.2) is 24.3 Å². The Labute approximate surface area is 123 Å². The third kappa shape index (κ3) is 4.74. The molecule has 0 bridgehead atoms. The third-order valence-corrected chi connectivity index (χ3v) is 3.95. The van der Waals surface area contributed by atoms with Gasteiger partial charge in [-0.15, -0.1) is 0 Å². The van der Waals surface area contributed by atoms with Crippen LogP contribution in [0.3, 0.4) is 0 Å². The Morgan fingerprint density at radius 2 is 2.00 bits per heavy atom. The molecule has 1 aliphatic heterocycles. The number of benzene rings is 1. The lowest BCUT2D eigenvalue weighted by atomic mass is 10.3. The number of rotatable bonds is 5. The van der Waals surface area contributed by atoms with E-state index in [-0.39, 0.29) is 0 Å². The van der Waals surface area contributed by atoms with Crippen molar-refractivity contribution in [2.75, 3.05) is 46.4 Å². The molecule has 2 rings (SSSR count). The second-order valence-corrected chi connectivity index (χ2v) is 6.05. The summed E-state index contributed by atoms with van der Waals surface area (Å²) in [5.74, 6) is 0.986. The normalized spacial score (nSPS) is 17.9. The smallest absolute Gasteiger partial charge is 0.120 e. The topological polar surface area (TPSA) is 15.7 Å². The maximum Gasteiger partial charge on any atom is 0.120 e. The summed E-state index contributed by atoms with van der Waals surface area (Å²) in [4.78, 5) is 4.91. The first-order chi connectivity index (χ1) is 8.74. The van der Waals surface area contributed by atoms with Gasteiger partial charge < -0.3 is 14.5 Å². The van der Waals surface area contributed by atoms with E-state index in [0.29, 0.717) is 0 Å². The van der Waals surface area contributed by atoms with Crippen molar-refractivity contribution in [1.29, 1.82) is 0 Å². The summed E-state index contributed by atoms with van der Waals surface area (Å²) in [6, 6.07) is 8.23. The molecule has 0 unspecified atom stereocenters. The molecule has 0 spiro atoms. The molecule has 1 aromatic rings. The molecular formula is C14H21IN2O. The Morgan fingerprint density at radius 3 is 2.72 bits per heavy atom. The number of hydrogen-bond donors (Lipinski definition) is 0. The molecule has 1 heterocycles. The summed E-state index contributed by atoms with van der Waals surface area (Å²) in [5.41, 5.74) is 0. The predicted molar refractivity (Wildman–Crippen MR) is 83.2 cm³/mol. The number of ether oxygens (including phenoxy) is 1. The van der Waals surface area contributed by atoms with E-state index in [0.717, 1.165) is 25.3 Å². The second kappa shape index (κ2) is 7.31. The van der Waals surface area contributed by atoms with Gasteiger partial charge in [0.2, 0.25) is 0 Å². The predicted octanol–water partition coefficient (Wildman–Crippen LogP) is 2.31. The molecule has 0 radical (unpaired) electrons. The van der Waals surface area contributed by atoms with E-state index < -0.39 is 0 Å². The van der Waals surface area contributed by atoms with Crippen LogP contribution in [0.4, 0.5) is 0 Å². The lowest BCUT2D eigenvalue weighted by Crippen LogP contribution is -2.44. The fourth-order valence-electron chi connectivity index (χ4n) is 2.11. The van der Waals surface area contributed by atoms with Crippen molar-refractivity contribution in [3.63, 3.8) is 0 Å². The van der Waals surface area contributed by atoms with Gasteiger partial charge in [0.15, 0.2) is 0 Å². The molecule has 0 saturated carbocycles. The lowest BCUT2D eigenvalue weighted by Gasteiger charge is -2.32. The van der Waals surface area contributed by atoms with Crippen LogP contribution in [-0.2, 0) is 0 Å². The summed E-state index contributed by atoms with van der Waals surface area (Å²) in [6.07, 6.45) is 1.11. The highest BCUT2D eigenvalue weighted by atomic mass is 127. The molecule has 1 aromatic carbocycles. The summed E-state index contributed by atoms with van der Waals surface area (Å²) < 4.78 is 6.98. The van der Waals surface area contributed by atoms with Crippen molar-refractivity contribution < 1.29 is 4.74 Å². The first-order valence-electron chi connectivity index (χ1n) is 6.53. The van der Waals surface area contributed by atoms with Gasteiger partial charge in [0.05, 0.1) is 6.61 Å². The maximum absolute atomic E-state index is 5.76. The highest BCUT2D eigenvalue weighted by Gasteiger charge is 2.12. The van der Waals surface area contributed by atoms with E-state index in [4.69, 9.17) is 4.74 Å². The molecule has 4 heteroatoms. The number of hydrogen-bond acceptors (Lipinski definition) is 3. The zero-order chi connectivity index (χ0) is 12.8. The van der Waals surface area contributed by atoms with Crippen molar-refractivity contribution in [3.05, 3.63) is 27.8 Å². The molecule has 3 nitrogen and oxygen atoms in total. The molecule has 1 saturated heterocycles. The van der Waals surface area contributed by atoms with Crippen molar-refractivity contribution >= 4 is 22.6 Å². The average molecular weight is 360 g/mol. The van der Waals surface area contributed by atoms with Gasteiger partial charge in [-0.1, -0.05) is 6.07 Å². The molecule has 0 atom stereocenters. The van der Waals surface area contributed by atoms with Gasteiger partial charge in [0.1, 0.15) is 5.75 Å². The Balaban J connectivity index is 1.61. The fourth-order valence-corrected chi connectivity index (χ4v) is 2.62. The van der Waals surface area contributed by atoms with Crippen LogP contribution < -0.4 is 4.74 Å². The van der Waals surface area contributed by atoms with Gasteiger partial charge in [0, 0.05) is 36.3 Å². The standard InChI is InChI=1S/C14H21IN2O/c1-16-7-9-17(10-8-16)6-3-11-18-14-5-2-4-13(15)12-14/h2,4-5,12H,3,6-11H2,1H3. The molecule has 1 fully saturated rings. The molecule has 0 aromatic heterocycles. The fraction of sp³-hybridized carbons (Fsp3) is 0.571. The highest BCUT2D eigenvalue weighted by molar-refractivity contribution is 14.1. The van der Waals surface area contributed by atoms with Crippen molar-refractivity contribution in [2.45, 2.75) is 6.42 Å². The number of likely N-dealkylation sites (N-methyl/N-ethyl adjacent to an activating group) is 1.